The van der Waals surface area contributed by atoms with E-state index in [0.29, 0.717) is 0 Å². The van der Waals surface area contributed by atoms with Crippen molar-refractivity contribution in [2.75, 3.05) is 9.80 Å². The van der Waals surface area contributed by atoms with E-state index in [1.807, 2.05) is 0 Å². The minimum Gasteiger partial charge on any atom is -0.311 e. The molecule has 7 aromatic carbocycles. The van der Waals surface area contributed by atoms with Crippen molar-refractivity contribution in [2.24, 2.45) is 0 Å². The fourth-order valence-corrected chi connectivity index (χ4v) is 10.5. The lowest BCUT2D eigenvalue weighted by Crippen LogP contribution is -2.61. The van der Waals surface area contributed by atoms with Crippen molar-refractivity contribution in [3.05, 3.63) is 196 Å². The van der Waals surface area contributed by atoms with E-state index in [0.717, 1.165) is 0 Å². The van der Waals surface area contributed by atoms with Gasteiger partial charge in [0.05, 0.1) is 0 Å². The second-order valence-corrected chi connectivity index (χ2v) is 24.9. The highest BCUT2D eigenvalue weighted by molar-refractivity contribution is 7.00. The molecule has 0 atom stereocenters. The predicted octanol–water partition coefficient (Wildman–Crippen LogP) is 15.6. The lowest BCUT2D eigenvalue weighted by molar-refractivity contribution is 0.568. The first-order valence-electron chi connectivity index (χ1n) is 24.7. The predicted molar refractivity (Wildman–Crippen MR) is 292 cm³/mol. The largest absolute Gasteiger partial charge is 0.311 e. The van der Waals surface area contributed by atoms with Crippen LogP contribution in [0.3, 0.4) is 0 Å². The lowest BCUT2D eigenvalue weighted by atomic mass is 9.33. The van der Waals surface area contributed by atoms with Crippen LogP contribution in [0, 0.1) is 0 Å². The van der Waals surface area contributed by atoms with Crippen LogP contribution < -0.4 is 26.2 Å². The third-order valence-corrected chi connectivity index (χ3v) is 15.2. The van der Waals surface area contributed by atoms with Crippen molar-refractivity contribution >= 4 is 57.2 Å². The molecule has 0 spiro atoms. The van der Waals surface area contributed by atoms with Crippen LogP contribution in [0.4, 0.5) is 34.1 Å². The van der Waals surface area contributed by atoms with E-state index in [2.05, 4.69) is 272 Å². The van der Waals surface area contributed by atoms with Crippen LogP contribution in [0.1, 0.15) is 155 Å². The smallest absolute Gasteiger partial charge is 0.252 e. The van der Waals surface area contributed by atoms with Gasteiger partial charge in [-0.3, -0.25) is 0 Å². The Hall–Kier alpha value is -5.80. The Morgan fingerprint density at radius 2 is 0.612 bits per heavy atom. The molecule has 0 aromatic heterocycles. The van der Waals surface area contributed by atoms with Gasteiger partial charge in [0.25, 0.3) is 6.71 Å². The van der Waals surface area contributed by atoms with Crippen molar-refractivity contribution in [3.63, 3.8) is 0 Å². The summed E-state index contributed by atoms with van der Waals surface area (Å²) in [6.07, 6.45) is 0. The van der Waals surface area contributed by atoms with Gasteiger partial charge in [0.15, 0.2) is 0 Å². The van der Waals surface area contributed by atoms with E-state index in [1.165, 1.54) is 95.0 Å². The van der Waals surface area contributed by atoms with Crippen molar-refractivity contribution in [2.45, 2.75) is 143 Å². The zero-order chi connectivity index (χ0) is 48.2. The number of benzene rings is 7. The Balaban J connectivity index is 1.41. The summed E-state index contributed by atoms with van der Waals surface area (Å²) >= 11 is 0. The van der Waals surface area contributed by atoms with Gasteiger partial charge >= 0.3 is 0 Å². The first-order valence-corrected chi connectivity index (χ1v) is 24.7. The third kappa shape index (κ3) is 8.15. The van der Waals surface area contributed by atoms with Gasteiger partial charge in [0.1, 0.15) is 0 Å². The van der Waals surface area contributed by atoms with Gasteiger partial charge in [-0.15, -0.1) is 0 Å². The molecule has 2 nitrogen and oxygen atoms in total. The fraction of sp³-hybridized carbons (Fsp3) is 0.344. The SMILES string of the molecule is CC(C)(C)c1cc(N2c3ccc(C(C)(C)c4ccccc4)cc3B3c4cc(C(C)(C)c5ccccc5)ccc4N(c4cc(C(C)(C)C)cc(C(C)(C)C)c4)c4cccc2c43)cc(C(C)(C)C)c1. The molecule has 0 bridgehead atoms. The molecule has 2 aliphatic heterocycles. The molecule has 9 rings (SSSR count). The number of nitrogens with zero attached hydrogens (tertiary/aromatic N) is 2. The van der Waals surface area contributed by atoms with E-state index < -0.39 is 0 Å². The molecule has 2 heterocycles. The van der Waals surface area contributed by atoms with Crippen LogP contribution >= 0.6 is 0 Å². The Morgan fingerprint density at radius 1 is 0.284 bits per heavy atom. The van der Waals surface area contributed by atoms with Crippen LogP contribution in [0.5, 0.6) is 0 Å². The summed E-state index contributed by atoms with van der Waals surface area (Å²) < 4.78 is 0. The number of hydrogen-bond acceptors (Lipinski definition) is 2. The average Bonchev–Trinajstić information content (AvgIpc) is 3.27. The molecule has 0 saturated carbocycles. The molecule has 0 unspecified atom stereocenters. The molecule has 3 heteroatoms. The molecule has 67 heavy (non-hydrogen) atoms. The second-order valence-electron chi connectivity index (χ2n) is 24.9. The molecule has 7 aromatic rings. The zero-order valence-corrected chi connectivity index (χ0v) is 43.4. The van der Waals surface area contributed by atoms with Crippen LogP contribution in [0.25, 0.3) is 0 Å². The summed E-state index contributed by atoms with van der Waals surface area (Å²) in [5.74, 6) is 0. The summed E-state index contributed by atoms with van der Waals surface area (Å²) in [5.41, 5.74) is 21.4. The molecule has 0 radical (unpaired) electrons. The molecule has 0 amide bonds. The first-order chi connectivity index (χ1) is 31.3. The van der Waals surface area contributed by atoms with Crippen LogP contribution in [-0.4, -0.2) is 6.71 Å². The molecule has 0 fully saturated rings. The van der Waals surface area contributed by atoms with Crippen molar-refractivity contribution in [1.29, 1.82) is 0 Å². The summed E-state index contributed by atoms with van der Waals surface area (Å²) in [7, 11) is 0. The highest BCUT2D eigenvalue weighted by Gasteiger charge is 2.45. The maximum atomic E-state index is 2.61. The fourth-order valence-electron chi connectivity index (χ4n) is 10.5. The van der Waals surface area contributed by atoms with Crippen LogP contribution in [-0.2, 0) is 32.5 Å². The van der Waals surface area contributed by atoms with Crippen molar-refractivity contribution < 1.29 is 0 Å². The average molecular weight is 881 g/mol. The number of fused-ring (bicyclic) bond motifs is 4. The Morgan fingerprint density at radius 3 is 0.925 bits per heavy atom. The topological polar surface area (TPSA) is 6.48 Å². The highest BCUT2D eigenvalue weighted by atomic mass is 15.2. The first kappa shape index (κ1) is 46.3. The standard InChI is InChI=1S/C64H73BN2/c1-59(2,3)46-34-47(60(4,5)6)37-50(36-46)66-54-32-30-44(63(13,14)42-24-19-17-20-25-42)40-52(54)65-53-41-45(64(15,16)43-26-21-18-22-27-43)31-33-55(53)67(57-29-23-28-56(66)58(57)65)51-38-48(61(7,8)9)35-49(39-51)62(10,11)12/h17-41H,1-16H3. The van der Waals surface area contributed by atoms with Gasteiger partial charge in [-0.25, -0.2) is 0 Å². The minimum absolute atomic E-state index is 0.0254. The van der Waals surface area contributed by atoms with Gasteiger partial charge in [-0.05, 0) is 131 Å². The maximum absolute atomic E-state index is 2.61. The summed E-state index contributed by atoms with van der Waals surface area (Å²) in [6.45, 7) is 37.7. The molecule has 0 aliphatic carbocycles. The molecule has 0 saturated heterocycles. The summed E-state index contributed by atoms with van der Waals surface area (Å²) in [5, 5.41) is 0. The summed E-state index contributed by atoms with van der Waals surface area (Å²) in [6, 6.07) is 58.8. The highest BCUT2D eigenvalue weighted by Crippen LogP contribution is 2.48. The number of hydrogen-bond donors (Lipinski definition) is 0. The van der Waals surface area contributed by atoms with Crippen molar-refractivity contribution in [3.8, 4) is 0 Å². The van der Waals surface area contributed by atoms with Gasteiger partial charge < -0.3 is 9.80 Å². The van der Waals surface area contributed by atoms with E-state index in [4.69, 9.17) is 0 Å². The number of rotatable bonds is 6. The number of anilines is 6. The van der Waals surface area contributed by atoms with Gasteiger partial charge in [0.2, 0.25) is 0 Å². The third-order valence-electron chi connectivity index (χ3n) is 15.2. The molecule has 0 N–H and O–H groups in total. The van der Waals surface area contributed by atoms with E-state index in [1.54, 1.807) is 0 Å². The van der Waals surface area contributed by atoms with Crippen LogP contribution in [0.2, 0.25) is 0 Å². The molecular formula is C64H73BN2. The summed E-state index contributed by atoms with van der Waals surface area (Å²) in [4.78, 5) is 5.23. The Bertz CT molecular complexity index is 2730. The molecular weight excluding hydrogens is 808 g/mol. The zero-order valence-electron chi connectivity index (χ0n) is 43.4. The van der Waals surface area contributed by atoms with E-state index >= 15 is 0 Å². The monoisotopic (exact) mass is 881 g/mol. The van der Waals surface area contributed by atoms with Crippen LogP contribution in [0.15, 0.2) is 152 Å². The van der Waals surface area contributed by atoms with Gasteiger partial charge in [-0.2, -0.15) is 0 Å². The minimum atomic E-state index is -0.232. The van der Waals surface area contributed by atoms with E-state index in [-0.39, 0.29) is 39.2 Å². The second kappa shape index (κ2) is 15.9. The quantitative estimate of drug-likeness (QED) is 0.154. The maximum Gasteiger partial charge on any atom is 0.252 e. The molecule has 342 valence electrons. The van der Waals surface area contributed by atoms with Crippen molar-refractivity contribution in [1.82, 2.24) is 0 Å². The Labute approximate surface area is 404 Å². The Kier molecular flexibility index (Phi) is 11.0. The normalized spacial score (nSPS) is 14.2. The lowest BCUT2D eigenvalue weighted by Gasteiger charge is -2.45. The van der Waals surface area contributed by atoms with Gasteiger partial charge in [0, 0.05) is 45.0 Å². The van der Waals surface area contributed by atoms with E-state index in [9.17, 15) is 0 Å². The van der Waals surface area contributed by atoms with Gasteiger partial charge in [-0.1, -0.05) is 214 Å². The molecule has 2 aliphatic rings.